The van der Waals surface area contributed by atoms with Gasteiger partial charge in [-0.15, -0.1) is 0 Å². The molecule has 2 unspecified atom stereocenters. The fourth-order valence-corrected chi connectivity index (χ4v) is 4.82. The Kier molecular flexibility index (Phi) is 7.99. The first kappa shape index (κ1) is 30.1. The van der Waals surface area contributed by atoms with Crippen LogP contribution in [0.5, 0.6) is 5.75 Å². The molecule has 12 heteroatoms. The average Bonchev–Trinajstić information content (AvgIpc) is 3.16. The number of nitrogens with zero attached hydrogens (tertiary/aromatic N) is 1. The summed E-state index contributed by atoms with van der Waals surface area (Å²) in [6.45, 7) is 4.71. The van der Waals surface area contributed by atoms with Gasteiger partial charge in [0.1, 0.15) is 23.5 Å². The highest BCUT2D eigenvalue weighted by molar-refractivity contribution is 5.76. The Balaban J connectivity index is 1.75. The van der Waals surface area contributed by atoms with Crippen molar-refractivity contribution in [3.05, 3.63) is 88.0 Å². The number of methoxy groups -OCH3 is 1. The summed E-state index contributed by atoms with van der Waals surface area (Å²) < 4.78 is 120. The van der Waals surface area contributed by atoms with Crippen molar-refractivity contribution in [1.29, 1.82) is 0 Å². The molecule has 1 saturated heterocycles. The van der Waals surface area contributed by atoms with Crippen LogP contribution in [0.2, 0.25) is 0 Å². The van der Waals surface area contributed by atoms with Gasteiger partial charge in [-0.3, -0.25) is 4.90 Å². The fourth-order valence-electron chi connectivity index (χ4n) is 4.82. The largest absolute Gasteiger partial charge is 0.496 e. The Hall–Kier alpha value is -3.83. The predicted molar refractivity (Wildman–Crippen MR) is 133 cm³/mol. The van der Waals surface area contributed by atoms with Crippen LogP contribution >= 0.6 is 0 Å². The van der Waals surface area contributed by atoms with Crippen molar-refractivity contribution >= 4 is 6.09 Å². The lowest BCUT2D eigenvalue weighted by Gasteiger charge is -2.24. The Morgan fingerprint density at radius 2 is 1.51 bits per heavy atom. The van der Waals surface area contributed by atoms with Crippen molar-refractivity contribution in [3.63, 3.8) is 0 Å². The van der Waals surface area contributed by atoms with Crippen LogP contribution in [0, 0.1) is 11.6 Å². The van der Waals surface area contributed by atoms with E-state index in [-0.39, 0.29) is 29.8 Å². The zero-order valence-electron chi connectivity index (χ0n) is 22.3. The number of hydrogen-bond acceptors (Lipinski definition) is 3. The highest BCUT2D eigenvalue weighted by atomic mass is 19.4. The molecule has 1 amide bonds. The summed E-state index contributed by atoms with van der Waals surface area (Å²) in [5, 5.41) is 0. The van der Waals surface area contributed by atoms with E-state index < -0.39 is 58.9 Å². The summed E-state index contributed by atoms with van der Waals surface area (Å²) in [5.41, 5.74) is -2.27. The normalized spacial score (nSPS) is 17.8. The number of carbonyl (C=O) groups is 1. The van der Waals surface area contributed by atoms with Crippen LogP contribution in [0.1, 0.15) is 60.6 Å². The van der Waals surface area contributed by atoms with Gasteiger partial charge in [-0.1, -0.05) is 19.9 Å². The zero-order chi connectivity index (χ0) is 30.4. The zero-order valence-corrected chi connectivity index (χ0v) is 22.3. The van der Waals surface area contributed by atoms with Gasteiger partial charge in [-0.05, 0) is 71.5 Å². The van der Waals surface area contributed by atoms with Crippen molar-refractivity contribution in [2.75, 3.05) is 7.11 Å². The Labute approximate surface area is 230 Å². The van der Waals surface area contributed by atoms with E-state index >= 15 is 0 Å². The summed E-state index contributed by atoms with van der Waals surface area (Å²) >= 11 is 0. The van der Waals surface area contributed by atoms with Gasteiger partial charge < -0.3 is 9.47 Å². The Bertz CT molecular complexity index is 1430. The molecule has 0 spiro atoms. The molecule has 0 saturated carbocycles. The maximum absolute atomic E-state index is 14.6. The smallest absolute Gasteiger partial charge is 0.416 e. The van der Waals surface area contributed by atoms with Crippen LogP contribution in [-0.4, -0.2) is 24.1 Å². The molecule has 1 heterocycles. The second kappa shape index (κ2) is 10.9. The third kappa shape index (κ3) is 6.11. The molecule has 4 nitrogen and oxygen atoms in total. The van der Waals surface area contributed by atoms with Gasteiger partial charge in [0.25, 0.3) is 0 Å². The second-order valence-corrected chi connectivity index (χ2v) is 10.0. The third-order valence-electron chi connectivity index (χ3n) is 6.97. The van der Waals surface area contributed by atoms with Gasteiger partial charge in [0.05, 0.1) is 30.8 Å². The van der Waals surface area contributed by atoms with Crippen LogP contribution in [0.4, 0.5) is 39.9 Å². The highest BCUT2D eigenvalue weighted by Gasteiger charge is 2.43. The number of halogens is 8. The van der Waals surface area contributed by atoms with Crippen molar-refractivity contribution in [3.8, 4) is 16.9 Å². The summed E-state index contributed by atoms with van der Waals surface area (Å²) in [7, 11) is 1.31. The van der Waals surface area contributed by atoms with Crippen LogP contribution < -0.4 is 4.74 Å². The number of hydrogen-bond donors (Lipinski definition) is 0. The number of carbonyl (C=O) groups excluding carboxylic acids is 1. The molecule has 0 radical (unpaired) electrons. The minimum Gasteiger partial charge on any atom is -0.496 e. The third-order valence-corrected chi connectivity index (χ3v) is 6.97. The van der Waals surface area contributed by atoms with E-state index in [1.54, 1.807) is 13.8 Å². The first-order valence-corrected chi connectivity index (χ1v) is 12.4. The number of amides is 1. The summed E-state index contributed by atoms with van der Waals surface area (Å²) in [6.07, 6.45) is -12.6. The quantitative estimate of drug-likeness (QED) is 0.271. The maximum atomic E-state index is 14.6. The van der Waals surface area contributed by atoms with Gasteiger partial charge >= 0.3 is 18.4 Å². The van der Waals surface area contributed by atoms with Crippen LogP contribution in [0.15, 0.2) is 48.5 Å². The van der Waals surface area contributed by atoms with E-state index in [4.69, 9.17) is 9.47 Å². The Morgan fingerprint density at radius 3 is 2.05 bits per heavy atom. The number of rotatable bonds is 6. The maximum Gasteiger partial charge on any atom is 0.416 e. The standard InChI is InChI=1S/C29H25F8NO3/c1-14(2)21-11-23(25(40-4)12-24(21)31)22-10-20(30)6-5-16(22)13-38-15(3)26(41-27(38)39)17-7-18(28(32,33)34)9-19(8-17)29(35,36)37/h5-12,14-15,26H,13H2,1-4H3. The minimum atomic E-state index is -5.08. The van der Waals surface area contributed by atoms with Crippen LogP contribution in [0.25, 0.3) is 11.1 Å². The van der Waals surface area contributed by atoms with Crippen molar-refractivity contribution in [1.82, 2.24) is 4.90 Å². The fraction of sp³-hybridized carbons (Fsp3) is 0.345. The van der Waals surface area contributed by atoms with E-state index in [0.717, 1.165) is 17.0 Å². The monoisotopic (exact) mass is 587 g/mol. The predicted octanol–water partition coefficient (Wildman–Crippen LogP) is 8.88. The highest BCUT2D eigenvalue weighted by Crippen LogP contribution is 2.42. The van der Waals surface area contributed by atoms with E-state index in [1.807, 2.05) is 0 Å². The molecule has 41 heavy (non-hydrogen) atoms. The van der Waals surface area contributed by atoms with Gasteiger partial charge in [0.15, 0.2) is 0 Å². The van der Waals surface area contributed by atoms with Crippen LogP contribution in [-0.2, 0) is 23.6 Å². The van der Waals surface area contributed by atoms with Crippen molar-refractivity contribution < 1.29 is 49.4 Å². The minimum absolute atomic E-state index is 0.00496. The van der Waals surface area contributed by atoms with Gasteiger partial charge in [-0.25, -0.2) is 13.6 Å². The molecule has 220 valence electrons. The van der Waals surface area contributed by atoms with Gasteiger partial charge in [0, 0.05) is 11.6 Å². The Morgan fingerprint density at radius 1 is 0.902 bits per heavy atom. The first-order chi connectivity index (χ1) is 19.0. The van der Waals surface area contributed by atoms with Gasteiger partial charge in [-0.2, -0.15) is 26.3 Å². The molecule has 0 N–H and O–H groups in total. The molecule has 2 atom stereocenters. The van der Waals surface area contributed by atoms with E-state index in [2.05, 4.69) is 0 Å². The number of cyclic esters (lactones) is 1. The topological polar surface area (TPSA) is 38.8 Å². The van der Waals surface area contributed by atoms with Gasteiger partial charge in [0.2, 0.25) is 0 Å². The molecule has 0 aliphatic carbocycles. The molecule has 1 fully saturated rings. The molecule has 0 bridgehead atoms. The van der Waals surface area contributed by atoms with E-state index in [0.29, 0.717) is 28.8 Å². The SMILES string of the molecule is COc1cc(F)c(C(C)C)cc1-c1cc(F)ccc1CN1C(=O)OC(c2cc(C(F)(F)F)cc(C(F)(F)F)c2)C1C. The lowest BCUT2D eigenvalue weighted by atomic mass is 9.92. The van der Waals surface area contributed by atoms with Crippen molar-refractivity contribution in [2.45, 2.75) is 57.7 Å². The number of ether oxygens (including phenoxy) is 2. The first-order valence-electron chi connectivity index (χ1n) is 12.4. The average molecular weight is 588 g/mol. The lowest BCUT2D eigenvalue weighted by molar-refractivity contribution is -0.143. The number of alkyl halides is 6. The number of benzene rings is 3. The summed E-state index contributed by atoms with van der Waals surface area (Å²) in [5.74, 6) is -1.31. The van der Waals surface area contributed by atoms with Crippen molar-refractivity contribution in [2.24, 2.45) is 0 Å². The summed E-state index contributed by atoms with van der Waals surface area (Å²) in [6, 6.07) is 6.37. The van der Waals surface area contributed by atoms with Crippen LogP contribution in [0.3, 0.4) is 0 Å². The molecule has 1 aliphatic rings. The molecule has 3 aromatic rings. The molecule has 4 rings (SSSR count). The molecular weight excluding hydrogens is 562 g/mol. The second-order valence-electron chi connectivity index (χ2n) is 10.0. The molecule has 3 aromatic carbocycles. The van der Waals surface area contributed by atoms with E-state index in [9.17, 15) is 39.9 Å². The lowest BCUT2D eigenvalue weighted by Crippen LogP contribution is -2.31. The molecule has 1 aliphatic heterocycles. The van der Waals surface area contributed by atoms with E-state index in [1.165, 1.54) is 32.2 Å². The molecule has 0 aromatic heterocycles. The molecular formula is C29H25F8NO3. The summed E-state index contributed by atoms with van der Waals surface area (Å²) in [4.78, 5) is 14.0.